The Balaban J connectivity index is 2.97. The molecule has 2 atom stereocenters. The first-order valence-electron chi connectivity index (χ1n) is 7.31. The first kappa shape index (κ1) is 17.9. The molecule has 0 aliphatic carbocycles. The molecule has 0 aromatic heterocycles. The van der Waals surface area contributed by atoms with E-state index in [4.69, 9.17) is 0 Å². The molecule has 6 nitrogen and oxygen atoms in total. The summed E-state index contributed by atoms with van der Waals surface area (Å²) in [5, 5.41) is 2.78. The summed E-state index contributed by atoms with van der Waals surface area (Å²) < 4.78 is 22.7. The van der Waals surface area contributed by atoms with Crippen molar-refractivity contribution in [3.8, 4) is 0 Å². The van der Waals surface area contributed by atoms with Crippen LogP contribution in [0.2, 0.25) is 0 Å². The Kier molecular flexibility index (Phi) is 5.78. The highest BCUT2D eigenvalue weighted by Crippen LogP contribution is 2.20. The van der Waals surface area contributed by atoms with E-state index in [1.54, 1.807) is 0 Å². The van der Waals surface area contributed by atoms with E-state index >= 15 is 0 Å². The third-order valence-corrected chi connectivity index (χ3v) is 4.47. The van der Waals surface area contributed by atoms with Crippen LogP contribution in [-0.4, -0.2) is 55.8 Å². The van der Waals surface area contributed by atoms with E-state index in [1.807, 2.05) is 27.7 Å². The smallest absolute Gasteiger partial charge is 0.245 e. The fourth-order valence-corrected chi connectivity index (χ4v) is 3.13. The predicted molar refractivity (Wildman–Crippen MR) is 81.4 cm³/mol. The van der Waals surface area contributed by atoms with E-state index in [2.05, 4.69) is 5.32 Å². The minimum atomic E-state index is -3.18. The van der Waals surface area contributed by atoms with Crippen LogP contribution in [0.3, 0.4) is 0 Å². The van der Waals surface area contributed by atoms with Crippen LogP contribution in [0.15, 0.2) is 0 Å². The maximum Gasteiger partial charge on any atom is 0.245 e. The van der Waals surface area contributed by atoms with E-state index in [0.29, 0.717) is 6.42 Å². The molecule has 1 heterocycles. The molecule has 2 amide bonds. The number of sulfone groups is 1. The Morgan fingerprint density at radius 3 is 2.19 bits per heavy atom. The van der Waals surface area contributed by atoms with Crippen LogP contribution in [0, 0.1) is 11.8 Å². The Morgan fingerprint density at radius 1 is 1.19 bits per heavy atom. The third-order valence-electron chi connectivity index (χ3n) is 3.54. The molecule has 0 aromatic carbocycles. The Labute approximate surface area is 127 Å². The van der Waals surface area contributed by atoms with Gasteiger partial charge in [-0.1, -0.05) is 27.7 Å². The molecule has 1 fully saturated rings. The number of carbonyl (C=O) groups excluding carboxylic acids is 2. The molecule has 7 heteroatoms. The molecule has 0 bridgehead atoms. The highest BCUT2D eigenvalue weighted by atomic mass is 32.2. The minimum Gasteiger partial charge on any atom is -0.342 e. The van der Waals surface area contributed by atoms with Gasteiger partial charge in [-0.2, -0.15) is 0 Å². The third kappa shape index (κ3) is 4.98. The van der Waals surface area contributed by atoms with Gasteiger partial charge in [0.15, 0.2) is 0 Å². The lowest BCUT2D eigenvalue weighted by molar-refractivity contribution is -0.151. The van der Waals surface area contributed by atoms with Crippen LogP contribution in [-0.2, 0) is 19.4 Å². The SMILES string of the molecule is CC(C)CC1NC(=O)C(C(C)C)N(CCS(C)(=O)=O)C1=O. The fourth-order valence-electron chi connectivity index (χ4n) is 2.60. The lowest BCUT2D eigenvalue weighted by atomic mass is 9.94. The topological polar surface area (TPSA) is 83.6 Å². The largest absolute Gasteiger partial charge is 0.342 e. The quantitative estimate of drug-likeness (QED) is 0.770. The average molecular weight is 318 g/mol. The first-order valence-corrected chi connectivity index (χ1v) is 9.37. The van der Waals surface area contributed by atoms with Gasteiger partial charge in [-0.25, -0.2) is 8.42 Å². The van der Waals surface area contributed by atoms with Gasteiger partial charge in [0.1, 0.15) is 21.9 Å². The number of nitrogens with one attached hydrogen (secondary N) is 1. The number of amides is 2. The van der Waals surface area contributed by atoms with E-state index in [0.717, 1.165) is 6.26 Å². The molecule has 122 valence electrons. The standard InChI is InChI=1S/C14H26N2O4S/c1-9(2)8-11-14(18)16(6-7-21(5,19)20)12(10(3)4)13(17)15-11/h9-12H,6-8H2,1-5H3,(H,15,17). The van der Waals surface area contributed by atoms with Crippen molar-refractivity contribution < 1.29 is 18.0 Å². The second-order valence-electron chi connectivity index (χ2n) is 6.54. The van der Waals surface area contributed by atoms with E-state index < -0.39 is 21.9 Å². The van der Waals surface area contributed by atoms with Gasteiger partial charge in [-0.3, -0.25) is 9.59 Å². The predicted octanol–water partition coefficient (Wildman–Crippen LogP) is 0.429. The fraction of sp³-hybridized carbons (Fsp3) is 0.857. The van der Waals surface area contributed by atoms with Crippen molar-refractivity contribution in [2.75, 3.05) is 18.6 Å². The summed E-state index contributed by atoms with van der Waals surface area (Å²) in [6.45, 7) is 7.74. The van der Waals surface area contributed by atoms with Gasteiger partial charge in [0.2, 0.25) is 11.8 Å². The summed E-state index contributed by atoms with van der Waals surface area (Å²) in [7, 11) is -3.18. The van der Waals surface area contributed by atoms with Crippen LogP contribution in [0.1, 0.15) is 34.1 Å². The second-order valence-corrected chi connectivity index (χ2v) is 8.80. The number of piperazine rings is 1. The van der Waals surface area contributed by atoms with Crippen molar-refractivity contribution in [2.45, 2.75) is 46.2 Å². The molecule has 1 aliphatic heterocycles. The average Bonchev–Trinajstić information content (AvgIpc) is 2.28. The van der Waals surface area contributed by atoms with Crippen molar-refractivity contribution in [2.24, 2.45) is 11.8 Å². The summed E-state index contributed by atoms with van der Waals surface area (Å²) in [6, 6.07) is -1.14. The van der Waals surface area contributed by atoms with Crippen molar-refractivity contribution in [1.82, 2.24) is 10.2 Å². The van der Waals surface area contributed by atoms with E-state index in [9.17, 15) is 18.0 Å². The van der Waals surface area contributed by atoms with Crippen LogP contribution < -0.4 is 5.32 Å². The Bertz CT molecular complexity index is 499. The highest BCUT2D eigenvalue weighted by molar-refractivity contribution is 7.90. The number of rotatable bonds is 6. The summed E-state index contributed by atoms with van der Waals surface area (Å²) >= 11 is 0. The molecule has 1 saturated heterocycles. The molecule has 0 aromatic rings. The maximum atomic E-state index is 12.6. The summed E-state index contributed by atoms with van der Waals surface area (Å²) in [6.07, 6.45) is 1.70. The monoisotopic (exact) mass is 318 g/mol. The van der Waals surface area contributed by atoms with Crippen LogP contribution in [0.5, 0.6) is 0 Å². The molecule has 0 spiro atoms. The number of hydrogen-bond donors (Lipinski definition) is 1. The molecule has 2 unspecified atom stereocenters. The van der Waals surface area contributed by atoms with Crippen molar-refractivity contribution in [1.29, 1.82) is 0 Å². The second kappa shape index (κ2) is 6.77. The van der Waals surface area contributed by atoms with Crippen LogP contribution in [0.25, 0.3) is 0 Å². The van der Waals surface area contributed by atoms with Crippen molar-refractivity contribution >= 4 is 21.7 Å². The van der Waals surface area contributed by atoms with Gasteiger partial charge >= 0.3 is 0 Å². The molecular formula is C14H26N2O4S. The van der Waals surface area contributed by atoms with E-state index in [-0.39, 0.29) is 35.9 Å². The number of hydrogen-bond acceptors (Lipinski definition) is 4. The first-order chi connectivity index (χ1) is 9.53. The summed E-state index contributed by atoms with van der Waals surface area (Å²) in [5.41, 5.74) is 0. The normalized spacial score (nSPS) is 23.9. The van der Waals surface area contributed by atoms with Gasteiger partial charge in [0.05, 0.1) is 5.75 Å². The summed E-state index contributed by atoms with van der Waals surface area (Å²) in [4.78, 5) is 26.3. The van der Waals surface area contributed by atoms with Crippen LogP contribution in [0.4, 0.5) is 0 Å². The van der Waals surface area contributed by atoms with Gasteiger partial charge in [-0.15, -0.1) is 0 Å². The Hall–Kier alpha value is -1.11. The molecule has 1 rings (SSSR count). The molecule has 21 heavy (non-hydrogen) atoms. The highest BCUT2D eigenvalue weighted by Gasteiger charge is 2.41. The van der Waals surface area contributed by atoms with Crippen molar-refractivity contribution in [3.63, 3.8) is 0 Å². The molecule has 0 radical (unpaired) electrons. The molecule has 0 saturated carbocycles. The number of carbonyl (C=O) groups is 2. The lowest BCUT2D eigenvalue weighted by Crippen LogP contribution is -2.65. The molecular weight excluding hydrogens is 292 g/mol. The zero-order valence-electron chi connectivity index (χ0n) is 13.4. The number of nitrogens with zero attached hydrogens (tertiary/aromatic N) is 1. The van der Waals surface area contributed by atoms with Gasteiger partial charge in [0.25, 0.3) is 0 Å². The van der Waals surface area contributed by atoms with Crippen molar-refractivity contribution in [3.05, 3.63) is 0 Å². The van der Waals surface area contributed by atoms with E-state index in [1.165, 1.54) is 4.90 Å². The van der Waals surface area contributed by atoms with Crippen LogP contribution >= 0.6 is 0 Å². The van der Waals surface area contributed by atoms with Gasteiger partial charge in [-0.05, 0) is 18.3 Å². The zero-order chi connectivity index (χ0) is 16.4. The maximum absolute atomic E-state index is 12.6. The molecule has 1 N–H and O–H groups in total. The summed E-state index contributed by atoms with van der Waals surface area (Å²) in [5.74, 6) is -0.279. The Morgan fingerprint density at radius 2 is 1.76 bits per heavy atom. The lowest BCUT2D eigenvalue weighted by Gasteiger charge is -2.41. The zero-order valence-corrected chi connectivity index (χ0v) is 14.2. The minimum absolute atomic E-state index is 0.0616. The van der Waals surface area contributed by atoms with Gasteiger partial charge < -0.3 is 10.2 Å². The van der Waals surface area contributed by atoms with Gasteiger partial charge in [0, 0.05) is 12.8 Å². The molecule has 1 aliphatic rings.